The highest BCUT2D eigenvalue weighted by molar-refractivity contribution is 7.13. The molecule has 0 saturated heterocycles. The molecule has 5 rings (SSSR count). The number of aromatic nitrogens is 2. The van der Waals surface area contributed by atoms with Crippen LogP contribution in [0.1, 0.15) is 17.0 Å². The fourth-order valence-electron chi connectivity index (χ4n) is 3.48. The molecule has 5 nitrogen and oxygen atoms in total. The van der Waals surface area contributed by atoms with Gasteiger partial charge in [-0.05, 0) is 23.6 Å². The minimum atomic E-state index is -0.0345. The highest BCUT2D eigenvalue weighted by Crippen LogP contribution is 2.24. The molecule has 0 amide bonds. The zero-order valence-electron chi connectivity index (χ0n) is 14.1. The Kier molecular flexibility index (Phi) is 3.72. The zero-order chi connectivity index (χ0) is 17.5. The predicted octanol–water partition coefficient (Wildman–Crippen LogP) is 3.80. The van der Waals surface area contributed by atoms with Gasteiger partial charge in [0.2, 0.25) is 0 Å². The number of rotatable bonds is 3. The fourth-order valence-corrected chi connectivity index (χ4v) is 4.15. The molecule has 1 aliphatic rings. The van der Waals surface area contributed by atoms with Gasteiger partial charge in [-0.2, -0.15) is 0 Å². The minimum Gasteiger partial charge on any atom is -0.460 e. The standard InChI is InChI=1S/C20H17N3O2S/c24-20-15-12-23(11-14-10-13-4-1-2-5-17(13)25-14)8-7-16(15)21-19(22-20)18-6-3-9-26-18/h1-6,9-10H,7-8,11-12H2,(H,21,22,24). The Balaban J connectivity index is 1.40. The van der Waals surface area contributed by atoms with Crippen molar-refractivity contribution in [2.45, 2.75) is 19.5 Å². The summed E-state index contributed by atoms with van der Waals surface area (Å²) in [5.41, 5.74) is 2.55. The van der Waals surface area contributed by atoms with Gasteiger partial charge in [-0.25, -0.2) is 4.98 Å². The molecule has 0 radical (unpaired) electrons. The number of thiophene rings is 1. The van der Waals surface area contributed by atoms with E-state index in [4.69, 9.17) is 9.40 Å². The third-order valence-electron chi connectivity index (χ3n) is 4.76. The van der Waals surface area contributed by atoms with E-state index in [0.29, 0.717) is 18.9 Å². The minimum absolute atomic E-state index is 0.0345. The van der Waals surface area contributed by atoms with Crippen molar-refractivity contribution in [2.75, 3.05) is 6.54 Å². The Morgan fingerprint density at radius 2 is 2.15 bits per heavy atom. The van der Waals surface area contributed by atoms with E-state index in [1.54, 1.807) is 11.3 Å². The van der Waals surface area contributed by atoms with Gasteiger partial charge in [0, 0.05) is 24.9 Å². The number of benzene rings is 1. The van der Waals surface area contributed by atoms with Crippen molar-refractivity contribution >= 4 is 22.3 Å². The van der Waals surface area contributed by atoms with Crippen LogP contribution in [0.2, 0.25) is 0 Å². The molecule has 3 aromatic heterocycles. The van der Waals surface area contributed by atoms with Crippen LogP contribution in [0.3, 0.4) is 0 Å². The molecule has 4 heterocycles. The number of nitrogens with one attached hydrogen (secondary N) is 1. The van der Waals surface area contributed by atoms with E-state index in [-0.39, 0.29) is 5.56 Å². The molecule has 6 heteroatoms. The zero-order valence-corrected chi connectivity index (χ0v) is 14.9. The third kappa shape index (κ3) is 2.77. The largest absolute Gasteiger partial charge is 0.460 e. The number of furan rings is 1. The topological polar surface area (TPSA) is 62.1 Å². The van der Waals surface area contributed by atoms with Crippen molar-refractivity contribution in [1.82, 2.24) is 14.9 Å². The maximum Gasteiger partial charge on any atom is 0.255 e. The van der Waals surface area contributed by atoms with Gasteiger partial charge in [0.05, 0.1) is 22.7 Å². The van der Waals surface area contributed by atoms with E-state index in [9.17, 15) is 4.79 Å². The monoisotopic (exact) mass is 363 g/mol. The normalized spacial score (nSPS) is 14.6. The van der Waals surface area contributed by atoms with E-state index in [1.165, 1.54) is 0 Å². The molecule has 0 bridgehead atoms. The number of para-hydroxylation sites is 1. The Hall–Kier alpha value is -2.70. The second-order valence-corrected chi connectivity index (χ2v) is 7.48. The molecule has 0 unspecified atom stereocenters. The number of hydrogen-bond acceptors (Lipinski definition) is 5. The van der Waals surface area contributed by atoms with E-state index in [2.05, 4.69) is 22.0 Å². The Morgan fingerprint density at radius 1 is 1.23 bits per heavy atom. The summed E-state index contributed by atoms with van der Waals surface area (Å²) >= 11 is 1.58. The van der Waals surface area contributed by atoms with Crippen molar-refractivity contribution < 1.29 is 4.42 Å². The van der Waals surface area contributed by atoms with Crippen LogP contribution in [0.5, 0.6) is 0 Å². The summed E-state index contributed by atoms with van der Waals surface area (Å²) in [6, 6.07) is 14.0. The molecule has 0 fully saturated rings. The first-order valence-corrected chi connectivity index (χ1v) is 9.50. The highest BCUT2D eigenvalue weighted by atomic mass is 32.1. The first-order chi connectivity index (χ1) is 12.8. The number of H-pyrrole nitrogens is 1. The number of hydrogen-bond donors (Lipinski definition) is 1. The molecule has 1 aromatic carbocycles. The number of aromatic amines is 1. The molecule has 26 heavy (non-hydrogen) atoms. The molecule has 0 spiro atoms. The molecule has 1 N–H and O–H groups in total. The maximum absolute atomic E-state index is 12.6. The van der Waals surface area contributed by atoms with Gasteiger partial charge in [-0.15, -0.1) is 11.3 Å². The predicted molar refractivity (Wildman–Crippen MR) is 102 cm³/mol. The van der Waals surface area contributed by atoms with Crippen molar-refractivity contribution in [3.8, 4) is 10.7 Å². The lowest BCUT2D eigenvalue weighted by molar-refractivity contribution is 0.224. The average molecular weight is 363 g/mol. The van der Waals surface area contributed by atoms with Crippen LogP contribution in [0.15, 0.2) is 57.1 Å². The van der Waals surface area contributed by atoms with Crippen molar-refractivity contribution in [3.05, 3.63) is 75.2 Å². The van der Waals surface area contributed by atoms with Crippen LogP contribution >= 0.6 is 11.3 Å². The summed E-state index contributed by atoms with van der Waals surface area (Å²) < 4.78 is 5.92. The first kappa shape index (κ1) is 15.5. The SMILES string of the molecule is O=c1[nH]c(-c2cccs2)nc2c1CN(Cc1cc3ccccc3o1)CC2. The third-order valence-corrected chi connectivity index (χ3v) is 5.63. The number of nitrogens with zero attached hydrogens (tertiary/aromatic N) is 2. The molecular formula is C20H17N3O2S. The first-order valence-electron chi connectivity index (χ1n) is 8.62. The summed E-state index contributed by atoms with van der Waals surface area (Å²) in [6.07, 6.45) is 0.776. The van der Waals surface area contributed by atoms with Gasteiger partial charge in [0.15, 0.2) is 5.82 Å². The summed E-state index contributed by atoms with van der Waals surface area (Å²) in [4.78, 5) is 23.4. The van der Waals surface area contributed by atoms with E-state index in [1.807, 2.05) is 35.7 Å². The van der Waals surface area contributed by atoms with Crippen LogP contribution in [0, 0.1) is 0 Å². The molecular weight excluding hydrogens is 346 g/mol. The summed E-state index contributed by atoms with van der Waals surface area (Å²) in [7, 11) is 0. The average Bonchev–Trinajstić information content (AvgIpc) is 3.31. The number of fused-ring (bicyclic) bond motifs is 2. The second kappa shape index (κ2) is 6.23. The van der Waals surface area contributed by atoms with Crippen LogP contribution < -0.4 is 5.56 Å². The van der Waals surface area contributed by atoms with E-state index < -0.39 is 0 Å². The molecule has 0 atom stereocenters. The quantitative estimate of drug-likeness (QED) is 0.601. The van der Waals surface area contributed by atoms with Crippen molar-refractivity contribution in [1.29, 1.82) is 0 Å². The van der Waals surface area contributed by atoms with E-state index in [0.717, 1.165) is 45.8 Å². The highest BCUT2D eigenvalue weighted by Gasteiger charge is 2.22. The summed E-state index contributed by atoms with van der Waals surface area (Å²) in [6.45, 7) is 2.16. The van der Waals surface area contributed by atoms with Crippen LogP contribution in [0.25, 0.3) is 21.7 Å². The van der Waals surface area contributed by atoms with Crippen LogP contribution in [0.4, 0.5) is 0 Å². The Morgan fingerprint density at radius 3 is 3.00 bits per heavy atom. The summed E-state index contributed by atoms with van der Waals surface area (Å²) in [5, 5.41) is 3.10. The summed E-state index contributed by atoms with van der Waals surface area (Å²) in [5.74, 6) is 1.60. The molecule has 0 saturated carbocycles. The lowest BCUT2D eigenvalue weighted by Gasteiger charge is -2.26. The lowest BCUT2D eigenvalue weighted by atomic mass is 10.1. The Labute approximate surface area is 153 Å². The van der Waals surface area contributed by atoms with Gasteiger partial charge in [0.25, 0.3) is 5.56 Å². The fraction of sp³-hybridized carbons (Fsp3) is 0.200. The van der Waals surface area contributed by atoms with Gasteiger partial charge >= 0.3 is 0 Å². The van der Waals surface area contributed by atoms with Gasteiger partial charge < -0.3 is 9.40 Å². The van der Waals surface area contributed by atoms with Crippen molar-refractivity contribution in [2.24, 2.45) is 0 Å². The Bertz CT molecular complexity index is 1090. The molecule has 1 aliphatic heterocycles. The lowest BCUT2D eigenvalue weighted by Crippen LogP contribution is -2.35. The van der Waals surface area contributed by atoms with Crippen LogP contribution in [-0.4, -0.2) is 21.4 Å². The van der Waals surface area contributed by atoms with Crippen LogP contribution in [-0.2, 0) is 19.5 Å². The second-order valence-electron chi connectivity index (χ2n) is 6.53. The van der Waals surface area contributed by atoms with E-state index >= 15 is 0 Å². The van der Waals surface area contributed by atoms with Gasteiger partial charge in [-0.3, -0.25) is 9.69 Å². The van der Waals surface area contributed by atoms with Gasteiger partial charge in [0.1, 0.15) is 11.3 Å². The smallest absolute Gasteiger partial charge is 0.255 e. The molecule has 4 aromatic rings. The van der Waals surface area contributed by atoms with Crippen molar-refractivity contribution in [3.63, 3.8) is 0 Å². The maximum atomic E-state index is 12.6. The van der Waals surface area contributed by atoms with Gasteiger partial charge in [-0.1, -0.05) is 24.3 Å². The molecule has 0 aliphatic carbocycles. The molecule has 130 valence electrons.